The molecular formula is C15H18N2O2S. The Kier molecular flexibility index (Phi) is 4.84. The molecule has 0 unspecified atom stereocenters. The number of thiazole rings is 1. The van der Waals surface area contributed by atoms with E-state index < -0.39 is 0 Å². The van der Waals surface area contributed by atoms with Crippen molar-refractivity contribution in [1.82, 2.24) is 9.97 Å². The summed E-state index contributed by atoms with van der Waals surface area (Å²) in [5.41, 5.74) is 3.02. The molecule has 2 rings (SSSR count). The maximum atomic E-state index is 11.9. The van der Waals surface area contributed by atoms with Gasteiger partial charge in [-0.05, 0) is 32.4 Å². The molecular weight excluding hydrogens is 272 g/mol. The van der Waals surface area contributed by atoms with Crippen molar-refractivity contribution in [3.63, 3.8) is 0 Å². The normalized spacial score (nSPS) is 10.6. The maximum Gasteiger partial charge on any atom is 0.339 e. The Bertz CT molecular complexity index is 608. The molecule has 106 valence electrons. The first-order valence-corrected chi connectivity index (χ1v) is 7.63. The first kappa shape index (κ1) is 14.7. The van der Waals surface area contributed by atoms with Crippen molar-refractivity contribution in [3.8, 4) is 11.4 Å². The summed E-state index contributed by atoms with van der Waals surface area (Å²) in [6, 6.07) is 3.62. The predicted octanol–water partition coefficient (Wildman–Crippen LogP) is 3.64. The highest BCUT2D eigenvalue weighted by molar-refractivity contribution is 7.09. The number of hydrogen-bond donors (Lipinski definition) is 0. The largest absolute Gasteiger partial charge is 0.462 e. The molecule has 0 atom stereocenters. The molecule has 5 heteroatoms. The van der Waals surface area contributed by atoms with E-state index in [4.69, 9.17) is 4.74 Å². The molecule has 0 saturated heterocycles. The Balaban J connectivity index is 2.39. The van der Waals surface area contributed by atoms with Crippen molar-refractivity contribution >= 4 is 17.3 Å². The fourth-order valence-corrected chi connectivity index (χ4v) is 2.55. The van der Waals surface area contributed by atoms with E-state index in [-0.39, 0.29) is 5.97 Å². The number of pyridine rings is 1. The minimum atomic E-state index is -0.301. The molecule has 2 aromatic rings. The summed E-state index contributed by atoms with van der Waals surface area (Å²) in [6.07, 6.45) is 1.68. The van der Waals surface area contributed by atoms with E-state index in [2.05, 4.69) is 16.9 Å². The SMILES string of the molecule is CCCc1nc(-c2csc(C)n2)ccc1C(=O)OCC. The van der Waals surface area contributed by atoms with Gasteiger partial charge in [-0.25, -0.2) is 9.78 Å². The molecule has 0 amide bonds. The number of hydrogen-bond acceptors (Lipinski definition) is 5. The second-order valence-corrected chi connectivity index (χ2v) is 5.48. The highest BCUT2D eigenvalue weighted by Gasteiger charge is 2.15. The van der Waals surface area contributed by atoms with Gasteiger partial charge >= 0.3 is 5.97 Å². The Hall–Kier alpha value is -1.75. The summed E-state index contributed by atoms with van der Waals surface area (Å²) in [5.74, 6) is -0.301. The lowest BCUT2D eigenvalue weighted by molar-refractivity contribution is 0.0524. The van der Waals surface area contributed by atoms with E-state index in [0.717, 1.165) is 34.9 Å². The van der Waals surface area contributed by atoms with Crippen LogP contribution in [0.4, 0.5) is 0 Å². The van der Waals surface area contributed by atoms with Crippen molar-refractivity contribution in [1.29, 1.82) is 0 Å². The van der Waals surface area contributed by atoms with Gasteiger partial charge in [-0.1, -0.05) is 13.3 Å². The van der Waals surface area contributed by atoms with Gasteiger partial charge in [0.2, 0.25) is 0 Å². The zero-order valence-corrected chi connectivity index (χ0v) is 12.8. The number of aromatic nitrogens is 2. The molecule has 0 bridgehead atoms. The van der Waals surface area contributed by atoms with Crippen LogP contribution in [-0.4, -0.2) is 22.5 Å². The van der Waals surface area contributed by atoms with Crippen molar-refractivity contribution in [3.05, 3.63) is 33.8 Å². The zero-order valence-electron chi connectivity index (χ0n) is 12.0. The third-order valence-electron chi connectivity index (χ3n) is 2.84. The lowest BCUT2D eigenvalue weighted by Gasteiger charge is -2.08. The summed E-state index contributed by atoms with van der Waals surface area (Å²) in [6.45, 7) is 6.21. The molecule has 2 aromatic heterocycles. The fourth-order valence-electron chi connectivity index (χ4n) is 1.95. The van der Waals surface area contributed by atoms with Gasteiger partial charge in [-0.2, -0.15) is 0 Å². The lowest BCUT2D eigenvalue weighted by Crippen LogP contribution is -2.10. The smallest absolute Gasteiger partial charge is 0.339 e. The standard InChI is InChI=1S/C15H18N2O2S/c1-4-6-12-11(15(18)19-5-2)7-8-13(17-12)14-9-20-10(3)16-14/h7-9H,4-6H2,1-3H3. The molecule has 20 heavy (non-hydrogen) atoms. The molecule has 0 aromatic carbocycles. The number of ether oxygens (including phenoxy) is 1. The molecule has 0 aliphatic heterocycles. The first-order valence-electron chi connectivity index (χ1n) is 6.75. The zero-order chi connectivity index (χ0) is 14.5. The van der Waals surface area contributed by atoms with Gasteiger partial charge in [-0.3, -0.25) is 4.98 Å². The molecule has 0 N–H and O–H groups in total. The van der Waals surface area contributed by atoms with E-state index in [1.165, 1.54) is 0 Å². The number of carbonyl (C=O) groups is 1. The third kappa shape index (κ3) is 3.22. The van der Waals surface area contributed by atoms with Crippen molar-refractivity contribution < 1.29 is 9.53 Å². The molecule has 0 aliphatic carbocycles. The first-order chi connectivity index (χ1) is 9.65. The highest BCUT2D eigenvalue weighted by atomic mass is 32.1. The Morgan fingerprint density at radius 2 is 2.05 bits per heavy atom. The van der Waals surface area contributed by atoms with Gasteiger partial charge in [0.1, 0.15) is 0 Å². The van der Waals surface area contributed by atoms with Crippen LogP contribution in [0.1, 0.15) is 41.3 Å². The Labute approximate surface area is 122 Å². The Morgan fingerprint density at radius 3 is 2.65 bits per heavy atom. The number of esters is 1. The summed E-state index contributed by atoms with van der Waals surface area (Å²) in [4.78, 5) is 20.9. The molecule has 0 saturated carbocycles. The van der Waals surface area contributed by atoms with E-state index in [0.29, 0.717) is 12.2 Å². The van der Waals surface area contributed by atoms with Gasteiger partial charge in [0.15, 0.2) is 0 Å². The van der Waals surface area contributed by atoms with Crippen LogP contribution in [-0.2, 0) is 11.2 Å². The van der Waals surface area contributed by atoms with Crippen LogP contribution in [0.15, 0.2) is 17.5 Å². The monoisotopic (exact) mass is 290 g/mol. The fraction of sp³-hybridized carbons (Fsp3) is 0.400. The summed E-state index contributed by atoms with van der Waals surface area (Å²) >= 11 is 1.59. The van der Waals surface area contributed by atoms with E-state index in [1.807, 2.05) is 18.4 Å². The van der Waals surface area contributed by atoms with E-state index >= 15 is 0 Å². The van der Waals surface area contributed by atoms with Gasteiger partial charge in [0.25, 0.3) is 0 Å². The van der Waals surface area contributed by atoms with Gasteiger partial charge in [-0.15, -0.1) is 11.3 Å². The predicted molar refractivity (Wildman–Crippen MR) is 80.0 cm³/mol. The van der Waals surface area contributed by atoms with Crippen LogP contribution >= 0.6 is 11.3 Å². The molecule has 2 heterocycles. The van der Waals surface area contributed by atoms with Crippen molar-refractivity contribution in [2.75, 3.05) is 6.61 Å². The second-order valence-electron chi connectivity index (χ2n) is 4.41. The van der Waals surface area contributed by atoms with E-state index in [9.17, 15) is 4.79 Å². The van der Waals surface area contributed by atoms with Crippen LogP contribution < -0.4 is 0 Å². The number of rotatable bonds is 5. The van der Waals surface area contributed by atoms with Crippen LogP contribution in [0.5, 0.6) is 0 Å². The molecule has 0 radical (unpaired) electrons. The average Bonchev–Trinajstić information content (AvgIpc) is 2.86. The summed E-state index contributed by atoms with van der Waals surface area (Å²) in [5, 5.41) is 2.99. The molecule has 0 aliphatic rings. The van der Waals surface area contributed by atoms with Crippen LogP contribution in [0.2, 0.25) is 0 Å². The quantitative estimate of drug-likeness (QED) is 0.789. The summed E-state index contributed by atoms with van der Waals surface area (Å²) in [7, 11) is 0. The number of aryl methyl sites for hydroxylation is 2. The van der Waals surface area contributed by atoms with Crippen LogP contribution in [0.25, 0.3) is 11.4 Å². The second kappa shape index (κ2) is 6.61. The third-order valence-corrected chi connectivity index (χ3v) is 3.61. The lowest BCUT2D eigenvalue weighted by atomic mass is 10.1. The Morgan fingerprint density at radius 1 is 1.25 bits per heavy atom. The van der Waals surface area contributed by atoms with Crippen molar-refractivity contribution in [2.24, 2.45) is 0 Å². The van der Waals surface area contributed by atoms with Gasteiger partial charge in [0.05, 0.1) is 34.3 Å². The molecule has 0 fully saturated rings. The molecule has 0 spiro atoms. The average molecular weight is 290 g/mol. The number of carbonyl (C=O) groups excluding carboxylic acids is 1. The van der Waals surface area contributed by atoms with Crippen LogP contribution in [0.3, 0.4) is 0 Å². The van der Waals surface area contributed by atoms with E-state index in [1.54, 1.807) is 24.3 Å². The van der Waals surface area contributed by atoms with Crippen LogP contribution in [0, 0.1) is 6.92 Å². The highest BCUT2D eigenvalue weighted by Crippen LogP contribution is 2.22. The maximum absolute atomic E-state index is 11.9. The molecule has 4 nitrogen and oxygen atoms in total. The van der Waals surface area contributed by atoms with Gasteiger partial charge < -0.3 is 4.74 Å². The topological polar surface area (TPSA) is 52.1 Å². The van der Waals surface area contributed by atoms with Crippen molar-refractivity contribution in [2.45, 2.75) is 33.6 Å². The summed E-state index contributed by atoms with van der Waals surface area (Å²) < 4.78 is 5.07. The van der Waals surface area contributed by atoms with Gasteiger partial charge in [0, 0.05) is 5.38 Å². The number of nitrogens with zero attached hydrogens (tertiary/aromatic N) is 2. The minimum Gasteiger partial charge on any atom is -0.462 e. The minimum absolute atomic E-state index is 0.301.